The molecule has 0 aliphatic carbocycles. The Morgan fingerprint density at radius 1 is 1.46 bits per heavy atom. The lowest BCUT2D eigenvalue weighted by atomic mass is 10.4. The Balaban J connectivity index is 3.75. The molecule has 74 valence electrons. The molecule has 0 bridgehead atoms. The number of allylic oxidation sites excluding steroid dienone is 1. The van der Waals surface area contributed by atoms with E-state index < -0.39 is 18.0 Å². The van der Waals surface area contributed by atoms with Crippen molar-refractivity contribution in [1.82, 2.24) is 0 Å². The molecule has 1 unspecified atom stereocenters. The van der Waals surface area contributed by atoms with Crippen molar-refractivity contribution in [3.8, 4) is 0 Å². The van der Waals surface area contributed by atoms with Crippen molar-refractivity contribution in [3.63, 3.8) is 0 Å². The smallest absolute Gasteiger partial charge is 0.347 e. The van der Waals surface area contributed by atoms with Gasteiger partial charge in [-0.05, 0) is 13.8 Å². The van der Waals surface area contributed by atoms with Crippen molar-refractivity contribution in [1.29, 1.82) is 0 Å². The average Bonchev–Trinajstić information content (AvgIpc) is 2.03. The van der Waals surface area contributed by atoms with Crippen LogP contribution in [0.3, 0.4) is 0 Å². The van der Waals surface area contributed by atoms with Crippen molar-refractivity contribution in [2.24, 2.45) is 0 Å². The lowest BCUT2D eigenvalue weighted by molar-refractivity contribution is -0.164. The first-order valence-electron chi connectivity index (χ1n) is 4.03. The molecule has 0 heterocycles. The van der Waals surface area contributed by atoms with Gasteiger partial charge in [-0.1, -0.05) is 12.2 Å². The van der Waals surface area contributed by atoms with Gasteiger partial charge < -0.3 is 9.47 Å². The maximum atomic E-state index is 11.0. The molecule has 0 aromatic carbocycles. The zero-order chi connectivity index (χ0) is 10.3. The number of ether oxygens (including phenoxy) is 2. The maximum absolute atomic E-state index is 11.0. The molecule has 0 amide bonds. The van der Waals surface area contributed by atoms with Gasteiger partial charge in [0.05, 0.1) is 0 Å². The minimum absolute atomic E-state index is 0.209. The molecule has 13 heavy (non-hydrogen) atoms. The molecule has 0 rings (SSSR count). The monoisotopic (exact) mass is 186 g/mol. The van der Waals surface area contributed by atoms with Crippen LogP contribution in [-0.4, -0.2) is 24.6 Å². The van der Waals surface area contributed by atoms with Crippen molar-refractivity contribution in [2.75, 3.05) is 6.61 Å². The molecule has 0 aliphatic rings. The largest absolute Gasteiger partial charge is 0.459 e. The first-order valence-corrected chi connectivity index (χ1v) is 4.03. The molecule has 0 aromatic heterocycles. The zero-order valence-electron chi connectivity index (χ0n) is 8.07. The number of carbonyl (C=O) groups is 2. The van der Waals surface area contributed by atoms with Crippen molar-refractivity contribution < 1.29 is 19.1 Å². The van der Waals surface area contributed by atoms with Crippen molar-refractivity contribution >= 4 is 11.9 Å². The summed E-state index contributed by atoms with van der Waals surface area (Å²) in [6, 6.07) is 0. The number of carbonyl (C=O) groups excluding carboxylic acids is 2. The summed E-state index contributed by atoms with van der Waals surface area (Å²) >= 11 is 0. The van der Waals surface area contributed by atoms with Crippen LogP contribution < -0.4 is 0 Å². The topological polar surface area (TPSA) is 52.6 Å². The Bertz CT molecular complexity index is 208. The summed E-state index contributed by atoms with van der Waals surface area (Å²) in [7, 11) is 0. The summed E-state index contributed by atoms with van der Waals surface area (Å²) in [4.78, 5) is 21.5. The molecule has 0 fully saturated rings. The molecule has 4 nitrogen and oxygen atoms in total. The van der Waals surface area contributed by atoms with E-state index >= 15 is 0 Å². The van der Waals surface area contributed by atoms with Crippen molar-refractivity contribution in [2.45, 2.75) is 26.9 Å². The van der Waals surface area contributed by atoms with Crippen LogP contribution in [0.2, 0.25) is 0 Å². The molecular weight excluding hydrogens is 172 g/mol. The summed E-state index contributed by atoms with van der Waals surface area (Å²) < 4.78 is 9.35. The third-order valence-corrected chi connectivity index (χ3v) is 1.23. The van der Waals surface area contributed by atoms with Crippen LogP contribution in [0, 0.1) is 0 Å². The molecule has 0 aromatic rings. The van der Waals surface area contributed by atoms with Gasteiger partial charge in [0.25, 0.3) is 0 Å². The van der Waals surface area contributed by atoms with Gasteiger partial charge in [0.15, 0.2) is 6.10 Å². The van der Waals surface area contributed by atoms with Gasteiger partial charge in [-0.15, -0.1) is 0 Å². The van der Waals surface area contributed by atoms with Gasteiger partial charge in [-0.25, -0.2) is 4.79 Å². The Morgan fingerprint density at radius 3 is 2.54 bits per heavy atom. The number of hydrogen-bond acceptors (Lipinski definition) is 4. The fraction of sp³-hybridized carbons (Fsp3) is 0.556. The van der Waals surface area contributed by atoms with E-state index in [-0.39, 0.29) is 6.61 Å². The lowest BCUT2D eigenvalue weighted by Crippen LogP contribution is -2.25. The number of esters is 2. The molecule has 0 aliphatic heterocycles. The van der Waals surface area contributed by atoms with Crippen molar-refractivity contribution in [3.05, 3.63) is 12.2 Å². The van der Waals surface area contributed by atoms with Crippen LogP contribution in [0.15, 0.2) is 12.2 Å². The van der Waals surface area contributed by atoms with E-state index in [4.69, 9.17) is 4.74 Å². The molecule has 1 atom stereocenters. The highest BCUT2D eigenvalue weighted by atomic mass is 16.6. The minimum Gasteiger partial charge on any atom is -0.459 e. The second-order valence-electron chi connectivity index (χ2n) is 2.45. The molecule has 0 spiro atoms. The summed E-state index contributed by atoms with van der Waals surface area (Å²) in [5, 5.41) is 0. The summed E-state index contributed by atoms with van der Waals surface area (Å²) in [5.41, 5.74) is 0. The van der Waals surface area contributed by atoms with Gasteiger partial charge in [0, 0.05) is 6.92 Å². The predicted octanol–water partition coefficient (Wildman–Crippen LogP) is 1.06. The standard InChI is InChI=1S/C9H14O4/c1-4-5-6-12-9(11)7(2)13-8(3)10/h4-5,7H,6H2,1-3H3/b5-4-. The second kappa shape index (κ2) is 6.22. The maximum Gasteiger partial charge on any atom is 0.347 e. The summed E-state index contributed by atoms with van der Waals surface area (Å²) in [5.74, 6) is -1.02. The molecular formula is C9H14O4. The highest BCUT2D eigenvalue weighted by molar-refractivity contribution is 5.78. The Morgan fingerprint density at radius 2 is 2.08 bits per heavy atom. The first-order chi connectivity index (χ1) is 6.07. The highest BCUT2D eigenvalue weighted by Gasteiger charge is 2.16. The Hall–Kier alpha value is -1.32. The summed E-state index contributed by atoms with van der Waals surface area (Å²) in [6.45, 7) is 4.75. The van der Waals surface area contributed by atoms with Gasteiger partial charge in [0.1, 0.15) is 6.61 Å². The highest BCUT2D eigenvalue weighted by Crippen LogP contribution is 1.95. The van der Waals surface area contributed by atoms with E-state index in [0.29, 0.717) is 0 Å². The minimum atomic E-state index is -0.831. The van der Waals surface area contributed by atoms with Crippen LogP contribution in [-0.2, 0) is 19.1 Å². The SMILES string of the molecule is C/C=C\COC(=O)C(C)OC(C)=O. The van der Waals surface area contributed by atoms with E-state index in [1.165, 1.54) is 13.8 Å². The third kappa shape index (κ3) is 5.90. The molecule has 0 N–H and O–H groups in total. The molecule has 0 saturated heterocycles. The van der Waals surface area contributed by atoms with Gasteiger partial charge in [0.2, 0.25) is 0 Å². The fourth-order valence-electron chi connectivity index (χ4n) is 0.641. The normalized spacial score (nSPS) is 12.5. The number of rotatable bonds is 4. The average molecular weight is 186 g/mol. The molecule has 0 radical (unpaired) electrons. The van der Waals surface area contributed by atoms with Gasteiger partial charge in [-0.3, -0.25) is 4.79 Å². The summed E-state index contributed by atoms with van der Waals surface area (Å²) in [6.07, 6.45) is 2.63. The quantitative estimate of drug-likeness (QED) is 0.486. The van der Waals surface area contributed by atoms with E-state index in [1.54, 1.807) is 12.2 Å². The number of hydrogen-bond donors (Lipinski definition) is 0. The molecule has 4 heteroatoms. The van der Waals surface area contributed by atoms with E-state index in [1.807, 2.05) is 6.92 Å². The van der Waals surface area contributed by atoms with E-state index in [9.17, 15) is 9.59 Å². The predicted molar refractivity (Wildman–Crippen MR) is 47.0 cm³/mol. The van der Waals surface area contributed by atoms with Crippen LogP contribution in [0.25, 0.3) is 0 Å². The molecule has 0 saturated carbocycles. The first kappa shape index (κ1) is 11.7. The van der Waals surface area contributed by atoms with Crippen LogP contribution in [0.1, 0.15) is 20.8 Å². The Labute approximate surface area is 77.5 Å². The zero-order valence-corrected chi connectivity index (χ0v) is 8.07. The third-order valence-electron chi connectivity index (χ3n) is 1.23. The lowest BCUT2D eigenvalue weighted by Gasteiger charge is -2.09. The second-order valence-corrected chi connectivity index (χ2v) is 2.45. The van der Waals surface area contributed by atoms with E-state index in [2.05, 4.69) is 4.74 Å². The van der Waals surface area contributed by atoms with Crippen LogP contribution >= 0.6 is 0 Å². The van der Waals surface area contributed by atoms with Crippen LogP contribution in [0.4, 0.5) is 0 Å². The van der Waals surface area contributed by atoms with Gasteiger partial charge in [-0.2, -0.15) is 0 Å². The van der Waals surface area contributed by atoms with E-state index in [0.717, 1.165) is 0 Å². The fourth-order valence-corrected chi connectivity index (χ4v) is 0.641. The van der Waals surface area contributed by atoms with Crippen LogP contribution in [0.5, 0.6) is 0 Å². The van der Waals surface area contributed by atoms with Gasteiger partial charge >= 0.3 is 11.9 Å². The Kier molecular flexibility index (Phi) is 5.59.